The Kier molecular flexibility index (Phi) is 5.86. The van der Waals surface area contributed by atoms with E-state index in [1.54, 1.807) is 24.3 Å². The number of piperazine rings is 1. The van der Waals surface area contributed by atoms with Crippen LogP contribution in [0.4, 0.5) is 5.69 Å². The van der Waals surface area contributed by atoms with Crippen molar-refractivity contribution in [2.24, 2.45) is 0 Å². The van der Waals surface area contributed by atoms with E-state index in [-0.39, 0.29) is 17.3 Å². The molecule has 1 aromatic heterocycles. The van der Waals surface area contributed by atoms with Crippen molar-refractivity contribution >= 4 is 22.5 Å². The number of hydrogen-bond donors (Lipinski definition) is 2. The van der Waals surface area contributed by atoms with Gasteiger partial charge in [-0.15, -0.1) is 0 Å². The van der Waals surface area contributed by atoms with Gasteiger partial charge in [-0.2, -0.15) is 0 Å². The van der Waals surface area contributed by atoms with E-state index in [9.17, 15) is 9.59 Å². The predicted octanol–water partition coefficient (Wildman–Crippen LogP) is 1.87. The van der Waals surface area contributed by atoms with Gasteiger partial charge in [-0.3, -0.25) is 14.5 Å². The second-order valence-electron chi connectivity index (χ2n) is 7.21. The molecule has 2 heterocycles. The molecule has 0 unspecified atom stereocenters. The van der Waals surface area contributed by atoms with Crippen LogP contribution in [0.5, 0.6) is 0 Å². The van der Waals surface area contributed by atoms with Crippen LogP contribution >= 0.6 is 0 Å². The number of anilines is 1. The van der Waals surface area contributed by atoms with Gasteiger partial charge in [0.15, 0.2) is 5.82 Å². The highest BCUT2D eigenvalue weighted by atomic mass is 16.2. The molecule has 0 aliphatic carbocycles. The molecule has 0 radical (unpaired) electrons. The number of fused-ring (bicyclic) bond motifs is 1. The molecule has 2 aromatic carbocycles. The van der Waals surface area contributed by atoms with Gasteiger partial charge in [0.05, 0.1) is 10.9 Å². The van der Waals surface area contributed by atoms with Crippen LogP contribution in [0.3, 0.4) is 0 Å². The lowest BCUT2D eigenvalue weighted by Gasteiger charge is -2.36. The van der Waals surface area contributed by atoms with Gasteiger partial charge in [0.1, 0.15) is 0 Å². The molecule has 1 saturated heterocycles. The molecule has 0 bridgehead atoms. The van der Waals surface area contributed by atoms with E-state index in [2.05, 4.69) is 49.4 Å². The molecule has 29 heavy (non-hydrogen) atoms. The van der Waals surface area contributed by atoms with Crippen LogP contribution in [-0.2, 0) is 0 Å². The van der Waals surface area contributed by atoms with Crippen molar-refractivity contribution in [2.75, 3.05) is 44.2 Å². The van der Waals surface area contributed by atoms with Crippen molar-refractivity contribution in [3.8, 4) is 0 Å². The van der Waals surface area contributed by atoms with Crippen molar-refractivity contribution in [3.63, 3.8) is 0 Å². The molecule has 2 N–H and O–H groups in total. The second-order valence-corrected chi connectivity index (χ2v) is 7.21. The highest BCUT2D eigenvalue weighted by Crippen LogP contribution is 2.15. The Bertz CT molecular complexity index is 1030. The Balaban J connectivity index is 1.22. The molecule has 1 amide bonds. The highest BCUT2D eigenvalue weighted by Gasteiger charge is 2.17. The van der Waals surface area contributed by atoms with Gasteiger partial charge < -0.3 is 15.2 Å². The molecule has 7 heteroatoms. The van der Waals surface area contributed by atoms with E-state index in [0.717, 1.165) is 39.1 Å². The number of rotatable bonds is 6. The fourth-order valence-corrected chi connectivity index (χ4v) is 3.65. The summed E-state index contributed by atoms with van der Waals surface area (Å²) in [6, 6.07) is 17.5. The molecule has 0 spiro atoms. The smallest absolute Gasteiger partial charge is 0.287 e. The largest absolute Gasteiger partial charge is 0.369 e. The zero-order valence-corrected chi connectivity index (χ0v) is 16.3. The summed E-state index contributed by atoms with van der Waals surface area (Å²) in [5, 5.41) is 3.34. The third-order valence-corrected chi connectivity index (χ3v) is 5.26. The van der Waals surface area contributed by atoms with E-state index in [0.29, 0.717) is 17.4 Å². The van der Waals surface area contributed by atoms with Crippen LogP contribution in [0.1, 0.15) is 17.0 Å². The van der Waals surface area contributed by atoms with E-state index < -0.39 is 0 Å². The van der Waals surface area contributed by atoms with Crippen molar-refractivity contribution in [3.05, 3.63) is 70.8 Å². The summed E-state index contributed by atoms with van der Waals surface area (Å²) >= 11 is 0. The van der Waals surface area contributed by atoms with E-state index in [4.69, 9.17) is 0 Å². The third-order valence-electron chi connectivity index (χ3n) is 5.26. The van der Waals surface area contributed by atoms with Crippen molar-refractivity contribution < 1.29 is 4.79 Å². The Morgan fingerprint density at radius 2 is 1.72 bits per heavy atom. The first kappa shape index (κ1) is 19.1. The molecular formula is C22H25N5O2. The highest BCUT2D eigenvalue weighted by molar-refractivity contribution is 5.92. The maximum Gasteiger partial charge on any atom is 0.287 e. The van der Waals surface area contributed by atoms with Crippen LogP contribution in [0, 0.1) is 0 Å². The Morgan fingerprint density at radius 1 is 1.00 bits per heavy atom. The number of aromatic nitrogens is 2. The average molecular weight is 391 g/mol. The number of nitrogens with one attached hydrogen (secondary N) is 2. The zero-order valence-electron chi connectivity index (χ0n) is 16.3. The first-order chi connectivity index (χ1) is 14.2. The van der Waals surface area contributed by atoms with Crippen molar-refractivity contribution in [2.45, 2.75) is 6.42 Å². The summed E-state index contributed by atoms with van der Waals surface area (Å²) < 4.78 is 0. The monoisotopic (exact) mass is 391 g/mol. The van der Waals surface area contributed by atoms with Crippen molar-refractivity contribution in [1.82, 2.24) is 20.2 Å². The maximum atomic E-state index is 12.3. The molecule has 1 aliphatic heterocycles. The lowest BCUT2D eigenvalue weighted by atomic mass is 10.2. The summed E-state index contributed by atoms with van der Waals surface area (Å²) in [5.41, 5.74) is 1.51. The minimum absolute atomic E-state index is 0.0603. The summed E-state index contributed by atoms with van der Waals surface area (Å²) in [4.78, 5) is 36.1. The van der Waals surface area contributed by atoms with Gasteiger partial charge >= 0.3 is 0 Å². The number of aromatic amines is 1. The van der Waals surface area contributed by atoms with Gasteiger partial charge in [0.2, 0.25) is 0 Å². The predicted molar refractivity (Wildman–Crippen MR) is 114 cm³/mol. The maximum absolute atomic E-state index is 12.3. The molecule has 1 aliphatic rings. The lowest BCUT2D eigenvalue weighted by Crippen LogP contribution is -2.47. The number of carbonyl (C=O) groups is 1. The Labute approximate surface area is 169 Å². The molecular weight excluding hydrogens is 366 g/mol. The van der Waals surface area contributed by atoms with Gasteiger partial charge in [-0.1, -0.05) is 30.3 Å². The summed E-state index contributed by atoms with van der Waals surface area (Å²) in [6.45, 7) is 5.54. The third kappa shape index (κ3) is 4.63. The standard InChI is InChI=1S/C22H25N5O2/c28-21-18-9-4-5-10-19(18)24-20(25-21)22(29)23-11-6-12-26-13-15-27(16-14-26)17-7-2-1-3-8-17/h1-5,7-10H,6,11-16H2,(H,23,29)(H,24,25,28). The van der Waals surface area contributed by atoms with Gasteiger partial charge in [0.25, 0.3) is 11.5 Å². The van der Waals surface area contributed by atoms with Crippen molar-refractivity contribution in [1.29, 1.82) is 0 Å². The molecule has 3 aromatic rings. The summed E-state index contributed by atoms with van der Waals surface area (Å²) in [6.07, 6.45) is 0.856. The quantitative estimate of drug-likeness (QED) is 0.627. The number of H-pyrrole nitrogens is 1. The minimum Gasteiger partial charge on any atom is -0.369 e. The first-order valence-corrected chi connectivity index (χ1v) is 10.0. The molecule has 1 fully saturated rings. The first-order valence-electron chi connectivity index (χ1n) is 10.0. The van der Waals surface area contributed by atoms with Crippen LogP contribution in [-0.4, -0.2) is 60.0 Å². The summed E-state index contributed by atoms with van der Waals surface area (Å²) in [5.74, 6) is -0.285. The van der Waals surface area contributed by atoms with Crippen LogP contribution in [0.2, 0.25) is 0 Å². The number of benzene rings is 2. The number of amides is 1. The molecule has 7 nitrogen and oxygen atoms in total. The number of para-hydroxylation sites is 2. The van der Waals surface area contributed by atoms with Gasteiger partial charge in [-0.05, 0) is 37.2 Å². The van der Waals surface area contributed by atoms with Gasteiger partial charge in [-0.25, -0.2) is 4.98 Å². The molecule has 0 saturated carbocycles. The average Bonchev–Trinajstić information content (AvgIpc) is 2.77. The van der Waals surface area contributed by atoms with Crippen LogP contribution in [0.25, 0.3) is 10.9 Å². The number of carbonyl (C=O) groups excluding carboxylic acids is 1. The Morgan fingerprint density at radius 3 is 2.52 bits per heavy atom. The molecule has 4 rings (SSSR count). The Hall–Kier alpha value is -3.19. The van der Waals surface area contributed by atoms with E-state index in [1.807, 2.05) is 6.07 Å². The van der Waals surface area contributed by atoms with Crippen LogP contribution in [0.15, 0.2) is 59.4 Å². The fourth-order valence-electron chi connectivity index (χ4n) is 3.65. The second kappa shape index (κ2) is 8.87. The summed E-state index contributed by atoms with van der Waals surface area (Å²) in [7, 11) is 0. The normalized spacial score (nSPS) is 14.8. The minimum atomic E-state index is -0.346. The van der Waals surface area contributed by atoms with Gasteiger partial charge in [0, 0.05) is 38.4 Å². The topological polar surface area (TPSA) is 81.3 Å². The van der Waals surface area contributed by atoms with E-state index >= 15 is 0 Å². The lowest BCUT2D eigenvalue weighted by molar-refractivity contribution is 0.0941. The fraction of sp³-hybridized carbons (Fsp3) is 0.318. The van der Waals surface area contributed by atoms with E-state index in [1.165, 1.54) is 5.69 Å². The molecule has 150 valence electrons. The molecule has 0 atom stereocenters. The zero-order chi connectivity index (χ0) is 20.1. The SMILES string of the molecule is O=C(NCCCN1CCN(c2ccccc2)CC1)c1nc2ccccc2c(=O)[nH]1. The van der Waals surface area contributed by atoms with Crippen LogP contribution < -0.4 is 15.8 Å². The number of nitrogens with zero attached hydrogens (tertiary/aromatic N) is 3. The number of hydrogen-bond acceptors (Lipinski definition) is 5.